The van der Waals surface area contributed by atoms with Crippen LogP contribution in [0.4, 0.5) is 0 Å². The second-order valence-corrected chi connectivity index (χ2v) is 7.55. The predicted octanol–water partition coefficient (Wildman–Crippen LogP) is 3.97. The molecular formula is C6H10S5. The lowest BCUT2D eigenvalue weighted by molar-refractivity contribution is 2.18. The van der Waals surface area contributed by atoms with Gasteiger partial charge in [0.05, 0.1) is 8.47 Å². The van der Waals surface area contributed by atoms with Crippen molar-refractivity contribution in [2.24, 2.45) is 0 Å². The first-order chi connectivity index (χ1) is 5.38. The van der Waals surface area contributed by atoms with Crippen LogP contribution in [0.3, 0.4) is 0 Å². The van der Waals surface area contributed by atoms with Gasteiger partial charge < -0.3 is 0 Å². The summed E-state index contributed by atoms with van der Waals surface area (Å²) in [6.07, 6.45) is 4.32. The minimum atomic E-state index is 1.22. The van der Waals surface area contributed by atoms with Crippen LogP contribution in [-0.2, 0) is 0 Å². The Morgan fingerprint density at radius 1 is 1.00 bits per heavy atom. The van der Waals surface area contributed by atoms with Gasteiger partial charge in [-0.3, -0.25) is 0 Å². The summed E-state index contributed by atoms with van der Waals surface area (Å²) in [5.74, 6) is 0. The highest BCUT2D eigenvalue weighted by Gasteiger charge is 2.10. The Labute approximate surface area is 89.5 Å². The van der Waals surface area contributed by atoms with Crippen LogP contribution in [0.5, 0.6) is 0 Å². The minimum absolute atomic E-state index is 1.22. The molecule has 0 unspecified atom stereocenters. The van der Waals surface area contributed by atoms with Crippen LogP contribution in [0.1, 0.15) is 0 Å². The van der Waals surface area contributed by atoms with Crippen LogP contribution < -0.4 is 0 Å². The van der Waals surface area contributed by atoms with E-state index in [4.69, 9.17) is 0 Å². The van der Waals surface area contributed by atoms with Gasteiger partial charge in [0.2, 0.25) is 0 Å². The van der Waals surface area contributed by atoms with Crippen molar-refractivity contribution < 1.29 is 0 Å². The van der Waals surface area contributed by atoms with Crippen molar-refractivity contribution in [2.45, 2.75) is 0 Å². The van der Waals surface area contributed by atoms with Crippen molar-refractivity contribution in [3.8, 4) is 0 Å². The van der Waals surface area contributed by atoms with E-state index in [1.165, 1.54) is 18.6 Å². The van der Waals surface area contributed by atoms with Crippen LogP contribution >= 0.6 is 58.8 Å². The van der Waals surface area contributed by atoms with Gasteiger partial charge in [0.1, 0.15) is 0 Å². The summed E-state index contributed by atoms with van der Waals surface area (Å²) in [6.45, 7) is 0. The molecule has 0 bridgehead atoms. The Morgan fingerprint density at radius 2 is 1.45 bits per heavy atom. The monoisotopic (exact) mass is 242 g/mol. The highest BCUT2D eigenvalue weighted by atomic mass is 32.3. The van der Waals surface area contributed by atoms with Crippen LogP contribution in [-0.4, -0.2) is 22.7 Å². The highest BCUT2D eigenvalue weighted by Crippen LogP contribution is 2.45. The molecule has 1 aliphatic rings. The molecule has 0 atom stereocenters. The second kappa shape index (κ2) is 6.02. The van der Waals surface area contributed by atoms with Gasteiger partial charge in [0, 0.05) is 10.2 Å². The van der Waals surface area contributed by atoms with Crippen molar-refractivity contribution in [3.63, 3.8) is 0 Å². The molecule has 0 nitrogen and oxygen atoms in total. The number of thioether (sulfide) groups is 5. The summed E-state index contributed by atoms with van der Waals surface area (Å²) in [6, 6.07) is 0. The van der Waals surface area contributed by atoms with E-state index in [-0.39, 0.29) is 0 Å². The van der Waals surface area contributed by atoms with E-state index in [9.17, 15) is 0 Å². The molecule has 0 fully saturated rings. The molecule has 64 valence electrons. The van der Waals surface area contributed by atoms with Crippen LogP contribution in [0.25, 0.3) is 0 Å². The van der Waals surface area contributed by atoms with Crippen molar-refractivity contribution in [1.82, 2.24) is 0 Å². The summed E-state index contributed by atoms with van der Waals surface area (Å²) in [5.41, 5.74) is 0. The van der Waals surface area contributed by atoms with Gasteiger partial charge in [-0.15, -0.1) is 58.8 Å². The summed E-state index contributed by atoms with van der Waals surface area (Å²) < 4.78 is 3.01. The van der Waals surface area contributed by atoms with Gasteiger partial charge in [-0.1, -0.05) is 0 Å². The predicted molar refractivity (Wildman–Crippen MR) is 66.6 cm³/mol. The molecule has 0 saturated carbocycles. The van der Waals surface area contributed by atoms with E-state index in [0.29, 0.717) is 0 Å². The molecule has 0 aromatic rings. The zero-order chi connectivity index (χ0) is 8.10. The average molecular weight is 242 g/mol. The lowest BCUT2D eigenvalue weighted by atomic mass is 11.2. The SMILES string of the molecule is CSC1=C(SC)SCSCS1. The van der Waals surface area contributed by atoms with Gasteiger partial charge >= 0.3 is 0 Å². The number of hydrogen-bond donors (Lipinski definition) is 0. The zero-order valence-corrected chi connectivity index (χ0v) is 10.5. The quantitative estimate of drug-likeness (QED) is 0.716. The molecule has 0 aromatic heterocycles. The Morgan fingerprint density at radius 3 is 1.82 bits per heavy atom. The van der Waals surface area contributed by atoms with Gasteiger partial charge in [0.15, 0.2) is 0 Å². The number of hydrogen-bond acceptors (Lipinski definition) is 5. The molecule has 5 heteroatoms. The third kappa shape index (κ3) is 3.38. The average Bonchev–Trinajstić information content (AvgIpc) is 2.27. The molecule has 0 aliphatic carbocycles. The maximum absolute atomic E-state index is 2.16. The Hall–Kier alpha value is 1.49. The highest BCUT2D eigenvalue weighted by molar-refractivity contribution is 8.35. The Bertz CT molecular complexity index is 137. The maximum Gasteiger partial charge on any atom is 0.0608 e. The van der Waals surface area contributed by atoms with E-state index in [0.717, 1.165) is 0 Å². The molecule has 0 N–H and O–H groups in total. The topological polar surface area (TPSA) is 0 Å². The van der Waals surface area contributed by atoms with Crippen molar-refractivity contribution in [1.29, 1.82) is 0 Å². The summed E-state index contributed by atoms with van der Waals surface area (Å²) >= 11 is 9.73. The fourth-order valence-corrected chi connectivity index (χ4v) is 7.12. The summed E-state index contributed by atoms with van der Waals surface area (Å²) in [5, 5.41) is 2.43. The molecule has 0 radical (unpaired) electrons. The molecule has 0 amide bonds. The molecule has 11 heavy (non-hydrogen) atoms. The number of rotatable bonds is 2. The third-order valence-electron chi connectivity index (χ3n) is 1.08. The van der Waals surface area contributed by atoms with Crippen molar-refractivity contribution in [2.75, 3.05) is 22.7 Å². The van der Waals surface area contributed by atoms with Gasteiger partial charge in [0.25, 0.3) is 0 Å². The van der Waals surface area contributed by atoms with Crippen molar-refractivity contribution in [3.05, 3.63) is 8.47 Å². The van der Waals surface area contributed by atoms with Crippen LogP contribution in [0.15, 0.2) is 8.47 Å². The largest absolute Gasteiger partial charge is 0.139 e. The standard InChI is InChI=1S/C6H10S5/c1-7-5-6(8-2)11-4-9-3-10-5/h3-4H2,1-2H3. The first-order valence-electron chi connectivity index (χ1n) is 3.04. The van der Waals surface area contributed by atoms with E-state index in [1.54, 1.807) is 0 Å². The zero-order valence-electron chi connectivity index (χ0n) is 6.46. The fraction of sp³-hybridized carbons (Fsp3) is 0.667. The summed E-state index contributed by atoms with van der Waals surface area (Å²) in [7, 11) is 0. The molecule has 1 aliphatic heterocycles. The van der Waals surface area contributed by atoms with Gasteiger partial charge in [-0.25, -0.2) is 0 Å². The first-order valence-corrected chi connectivity index (χ1v) is 8.61. The van der Waals surface area contributed by atoms with E-state index >= 15 is 0 Å². The lowest BCUT2D eigenvalue weighted by Gasteiger charge is -2.04. The Kier molecular flexibility index (Phi) is 5.79. The minimum Gasteiger partial charge on any atom is -0.139 e. The molecule has 0 aromatic carbocycles. The van der Waals surface area contributed by atoms with Gasteiger partial charge in [-0.2, -0.15) is 0 Å². The first kappa shape index (κ1) is 10.6. The molecule has 1 rings (SSSR count). The summed E-state index contributed by atoms with van der Waals surface area (Å²) in [4.78, 5) is 0. The van der Waals surface area contributed by atoms with E-state index in [1.807, 2.05) is 58.8 Å². The molecule has 0 saturated heterocycles. The van der Waals surface area contributed by atoms with Gasteiger partial charge in [-0.05, 0) is 12.5 Å². The van der Waals surface area contributed by atoms with E-state index in [2.05, 4.69) is 12.5 Å². The molecule has 1 heterocycles. The maximum atomic E-state index is 2.16. The van der Waals surface area contributed by atoms with Crippen molar-refractivity contribution >= 4 is 58.8 Å². The fourth-order valence-electron chi connectivity index (χ4n) is 0.627. The lowest BCUT2D eigenvalue weighted by Crippen LogP contribution is -1.72. The smallest absolute Gasteiger partial charge is 0.0608 e. The second-order valence-electron chi connectivity index (χ2n) is 1.71. The van der Waals surface area contributed by atoms with Crippen LogP contribution in [0.2, 0.25) is 0 Å². The molecule has 0 spiro atoms. The van der Waals surface area contributed by atoms with E-state index < -0.39 is 0 Å². The molecular weight excluding hydrogens is 232 g/mol. The third-order valence-corrected chi connectivity index (χ3v) is 7.67. The normalized spacial score (nSPS) is 20.2. The Balaban J connectivity index is 2.64. The van der Waals surface area contributed by atoms with Crippen LogP contribution in [0, 0.1) is 0 Å².